The van der Waals surface area contributed by atoms with E-state index in [0.717, 1.165) is 5.56 Å². The van der Waals surface area contributed by atoms with Gasteiger partial charge in [-0.2, -0.15) is 0 Å². The van der Waals surface area contributed by atoms with Crippen LogP contribution in [0.15, 0.2) is 58.4 Å². The second kappa shape index (κ2) is 6.23. The third-order valence-corrected chi connectivity index (χ3v) is 4.95. The molecule has 0 bridgehead atoms. The second-order valence-corrected chi connectivity index (χ2v) is 6.81. The highest BCUT2D eigenvalue weighted by molar-refractivity contribution is 5.91. The zero-order valence-corrected chi connectivity index (χ0v) is 15.2. The molecule has 0 spiro atoms. The molecule has 0 N–H and O–H groups in total. The Bertz CT molecular complexity index is 1350. The first-order valence-corrected chi connectivity index (χ1v) is 8.98. The van der Waals surface area contributed by atoms with Crippen molar-refractivity contribution in [1.82, 2.24) is 14.1 Å². The van der Waals surface area contributed by atoms with E-state index in [4.69, 9.17) is 9.47 Å². The van der Waals surface area contributed by atoms with Crippen molar-refractivity contribution in [2.45, 2.75) is 6.54 Å². The Hall–Kier alpha value is -3.61. The Kier molecular flexibility index (Phi) is 3.68. The van der Waals surface area contributed by atoms with Crippen molar-refractivity contribution in [1.29, 1.82) is 0 Å². The van der Waals surface area contributed by atoms with Gasteiger partial charge in [0, 0.05) is 19.4 Å². The number of benzene rings is 1. The molecule has 1 aliphatic heterocycles. The van der Waals surface area contributed by atoms with Crippen LogP contribution in [0.2, 0.25) is 0 Å². The smallest absolute Gasteiger partial charge is 0.260 e. The van der Waals surface area contributed by atoms with Crippen LogP contribution in [0.4, 0.5) is 0 Å². The van der Waals surface area contributed by atoms with Gasteiger partial charge in [-0.3, -0.25) is 9.59 Å². The van der Waals surface area contributed by atoms with Crippen LogP contribution in [0.5, 0.6) is 11.5 Å². The highest BCUT2D eigenvalue weighted by Crippen LogP contribution is 2.30. The van der Waals surface area contributed by atoms with Gasteiger partial charge in [-0.05, 0) is 35.9 Å². The fourth-order valence-electron chi connectivity index (χ4n) is 3.47. The average molecular weight is 375 g/mol. The Morgan fingerprint density at radius 3 is 2.43 bits per heavy atom. The second-order valence-electron chi connectivity index (χ2n) is 6.81. The van der Waals surface area contributed by atoms with Crippen molar-refractivity contribution < 1.29 is 9.47 Å². The van der Waals surface area contributed by atoms with Gasteiger partial charge in [-0.25, -0.2) is 4.98 Å². The number of hydrogen-bond acceptors (Lipinski definition) is 5. The molecular weight excluding hydrogens is 358 g/mol. The number of rotatable bonds is 2. The Balaban J connectivity index is 1.61. The van der Waals surface area contributed by atoms with E-state index < -0.39 is 0 Å². The number of aryl methyl sites for hydroxylation is 1. The van der Waals surface area contributed by atoms with Gasteiger partial charge in [-0.15, -0.1) is 0 Å². The fraction of sp³-hybridized carbons (Fsp3) is 0.190. The highest BCUT2D eigenvalue weighted by Gasteiger charge is 2.13. The zero-order valence-electron chi connectivity index (χ0n) is 15.2. The lowest BCUT2D eigenvalue weighted by Crippen LogP contribution is -2.22. The summed E-state index contributed by atoms with van der Waals surface area (Å²) in [5, 5.41) is 0.863. The minimum atomic E-state index is -0.187. The molecule has 0 amide bonds. The quantitative estimate of drug-likeness (QED) is 0.502. The lowest BCUT2D eigenvalue weighted by molar-refractivity contribution is 0.171. The molecule has 1 aliphatic rings. The summed E-state index contributed by atoms with van der Waals surface area (Å²) in [5.41, 5.74) is 1.72. The summed E-state index contributed by atoms with van der Waals surface area (Å²) >= 11 is 0. The van der Waals surface area contributed by atoms with Crippen LogP contribution in [-0.4, -0.2) is 27.3 Å². The number of pyridine rings is 3. The zero-order chi connectivity index (χ0) is 19.3. The monoisotopic (exact) mass is 375 g/mol. The maximum absolute atomic E-state index is 13.0. The van der Waals surface area contributed by atoms with Gasteiger partial charge >= 0.3 is 0 Å². The number of nitrogens with zero attached hydrogens (tertiary/aromatic N) is 3. The molecule has 3 aromatic heterocycles. The first-order valence-electron chi connectivity index (χ1n) is 8.98. The molecule has 1 aromatic carbocycles. The van der Waals surface area contributed by atoms with E-state index >= 15 is 0 Å². The van der Waals surface area contributed by atoms with Gasteiger partial charge in [-0.1, -0.05) is 6.07 Å². The fourth-order valence-corrected chi connectivity index (χ4v) is 3.47. The third kappa shape index (κ3) is 2.63. The maximum Gasteiger partial charge on any atom is 0.260 e. The Morgan fingerprint density at radius 1 is 0.893 bits per heavy atom. The molecule has 0 unspecified atom stereocenters. The predicted molar refractivity (Wildman–Crippen MR) is 105 cm³/mol. The summed E-state index contributed by atoms with van der Waals surface area (Å²) in [6.07, 6.45) is 3.40. The molecule has 0 fully saturated rings. The van der Waals surface area contributed by atoms with Crippen molar-refractivity contribution in [2.75, 3.05) is 13.2 Å². The summed E-state index contributed by atoms with van der Waals surface area (Å²) in [6, 6.07) is 10.9. The van der Waals surface area contributed by atoms with Crippen LogP contribution in [0, 0.1) is 0 Å². The van der Waals surface area contributed by atoms with E-state index in [1.54, 1.807) is 42.2 Å². The molecule has 7 nitrogen and oxygen atoms in total. The first kappa shape index (κ1) is 16.6. The van der Waals surface area contributed by atoms with Crippen LogP contribution in [0.25, 0.3) is 21.8 Å². The number of fused-ring (bicyclic) bond motifs is 3. The molecule has 0 aliphatic carbocycles. The topological polar surface area (TPSA) is 75.3 Å². The molecule has 4 aromatic rings. The van der Waals surface area contributed by atoms with Gasteiger partial charge < -0.3 is 18.6 Å². The van der Waals surface area contributed by atoms with Gasteiger partial charge in [0.25, 0.3) is 11.1 Å². The largest absolute Gasteiger partial charge is 0.486 e. The Morgan fingerprint density at radius 2 is 1.61 bits per heavy atom. The molecule has 5 rings (SSSR count). The summed E-state index contributed by atoms with van der Waals surface area (Å²) in [4.78, 5) is 29.9. The minimum Gasteiger partial charge on any atom is -0.486 e. The third-order valence-electron chi connectivity index (χ3n) is 4.95. The lowest BCUT2D eigenvalue weighted by Gasteiger charge is -2.19. The van der Waals surface area contributed by atoms with Gasteiger partial charge in [0.15, 0.2) is 11.5 Å². The number of aromatic nitrogens is 3. The van der Waals surface area contributed by atoms with Crippen LogP contribution in [0.3, 0.4) is 0 Å². The average Bonchev–Trinajstić information content (AvgIpc) is 2.72. The van der Waals surface area contributed by atoms with Crippen LogP contribution < -0.4 is 20.6 Å². The molecule has 140 valence electrons. The molecule has 4 heterocycles. The number of ether oxygens (including phenoxy) is 2. The van der Waals surface area contributed by atoms with E-state index in [0.29, 0.717) is 53.1 Å². The summed E-state index contributed by atoms with van der Waals surface area (Å²) in [5.74, 6) is 1.40. The van der Waals surface area contributed by atoms with E-state index in [-0.39, 0.29) is 11.1 Å². The molecule has 0 saturated heterocycles. The van der Waals surface area contributed by atoms with E-state index in [9.17, 15) is 9.59 Å². The van der Waals surface area contributed by atoms with Gasteiger partial charge in [0.2, 0.25) is 0 Å². The maximum atomic E-state index is 13.0. The van der Waals surface area contributed by atoms with Gasteiger partial charge in [0.05, 0.1) is 28.4 Å². The summed E-state index contributed by atoms with van der Waals surface area (Å²) in [7, 11) is 1.68. The van der Waals surface area contributed by atoms with Crippen LogP contribution >= 0.6 is 0 Å². The van der Waals surface area contributed by atoms with E-state index in [1.807, 2.05) is 18.2 Å². The first-order chi connectivity index (χ1) is 13.6. The van der Waals surface area contributed by atoms with E-state index in [2.05, 4.69) is 4.98 Å². The van der Waals surface area contributed by atoms with Crippen LogP contribution in [0.1, 0.15) is 5.56 Å². The van der Waals surface area contributed by atoms with Crippen molar-refractivity contribution in [3.8, 4) is 11.5 Å². The normalized spacial score (nSPS) is 13.2. The minimum absolute atomic E-state index is 0.173. The molecule has 7 heteroatoms. The predicted octanol–water partition coefficient (Wildman–Crippen LogP) is 2.07. The highest BCUT2D eigenvalue weighted by atomic mass is 16.6. The van der Waals surface area contributed by atoms with Crippen molar-refractivity contribution in [3.05, 3.63) is 75.1 Å². The SMILES string of the molecule is Cn1ccc2nc3ccn(Cc4ccc5c(c4)OCCO5)c(=O)c3cc2c1=O. The summed E-state index contributed by atoms with van der Waals surface area (Å²) in [6.45, 7) is 1.44. The van der Waals surface area contributed by atoms with Crippen molar-refractivity contribution in [2.24, 2.45) is 7.05 Å². The molecule has 0 radical (unpaired) electrons. The lowest BCUT2D eigenvalue weighted by atomic mass is 10.1. The molecule has 0 saturated carbocycles. The Labute approximate surface area is 159 Å². The number of hydrogen-bond donors (Lipinski definition) is 0. The van der Waals surface area contributed by atoms with Crippen molar-refractivity contribution in [3.63, 3.8) is 0 Å². The molecule has 28 heavy (non-hydrogen) atoms. The molecular formula is C21H17N3O4. The van der Waals surface area contributed by atoms with Crippen molar-refractivity contribution >= 4 is 21.8 Å². The molecule has 0 atom stereocenters. The standard InChI is InChI=1S/C21H17N3O4/c1-23-6-4-16-14(20(23)25)11-15-17(22-16)5-7-24(21(15)26)12-13-2-3-18-19(10-13)28-9-8-27-18/h2-7,10-11H,8-9,12H2,1H3. The summed E-state index contributed by atoms with van der Waals surface area (Å²) < 4.78 is 14.2. The van der Waals surface area contributed by atoms with E-state index in [1.165, 1.54) is 4.57 Å². The van der Waals surface area contributed by atoms with Crippen LogP contribution in [-0.2, 0) is 13.6 Å². The van der Waals surface area contributed by atoms with Gasteiger partial charge in [0.1, 0.15) is 13.2 Å².